The van der Waals surface area contributed by atoms with Crippen LogP contribution in [0.1, 0.15) is 22.3 Å². The van der Waals surface area contributed by atoms with Crippen molar-refractivity contribution in [3.05, 3.63) is 27.7 Å². The fraction of sp³-hybridized carbons (Fsp3) is 0.273. The normalized spacial score (nSPS) is 17.9. The van der Waals surface area contributed by atoms with E-state index in [-0.39, 0.29) is 11.5 Å². The maximum atomic E-state index is 12.0. The molecule has 0 bridgehead atoms. The van der Waals surface area contributed by atoms with Crippen LogP contribution in [0.2, 0.25) is 0 Å². The van der Waals surface area contributed by atoms with Crippen molar-refractivity contribution in [2.75, 3.05) is 6.61 Å². The van der Waals surface area contributed by atoms with E-state index >= 15 is 0 Å². The second-order valence-corrected chi connectivity index (χ2v) is 4.49. The molecule has 84 valence electrons. The van der Waals surface area contributed by atoms with Crippen molar-refractivity contribution in [3.8, 4) is 5.75 Å². The summed E-state index contributed by atoms with van der Waals surface area (Å²) in [6.07, 6.45) is 0.321. The number of ketones is 1. The zero-order chi connectivity index (χ0) is 11.7. The molecule has 2 rings (SSSR count). The number of oxime groups is 1. The molecule has 5 heteroatoms. The zero-order valence-electron chi connectivity index (χ0n) is 8.66. The van der Waals surface area contributed by atoms with Gasteiger partial charge in [0.25, 0.3) is 0 Å². The van der Waals surface area contributed by atoms with Gasteiger partial charge in [0.2, 0.25) is 5.78 Å². The van der Waals surface area contributed by atoms with Gasteiger partial charge in [-0.05, 0) is 24.6 Å². The Balaban J connectivity index is 2.62. The number of hydrogen-bond acceptors (Lipinski definition) is 4. The van der Waals surface area contributed by atoms with E-state index in [1.807, 2.05) is 13.0 Å². The Morgan fingerprint density at radius 2 is 2.25 bits per heavy atom. The number of ether oxygens (including phenoxy) is 1. The molecule has 0 fully saturated rings. The third-order valence-electron chi connectivity index (χ3n) is 2.45. The fourth-order valence-electron chi connectivity index (χ4n) is 1.70. The molecule has 0 spiro atoms. The van der Waals surface area contributed by atoms with Crippen LogP contribution in [0.3, 0.4) is 0 Å². The predicted octanol–water partition coefficient (Wildman–Crippen LogP) is 2.55. The summed E-state index contributed by atoms with van der Waals surface area (Å²) in [6, 6.07) is 3.56. The van der Waals surface area contributed by atoms with Gasteiger partial charge < -0.3 is 9.94 Å². The molecule has 1 aromatic carbocycles. The first-order valence-electron chi connectivity index (χ1n) is 4.82. The maximum absolute atomic E-state index is 12.0. The summed E-state index contributed by atoms with van der Waals surface area (Å²) in [7, 11) is 0. The van der Waals surface area contributed by atoms with Crippen molar-refractivity contribution in [1.29, 1.82) is 0 Å². The molecule has 0 saturated carbocycles. The van der Waals surface area contributed by atoms with Crippen molar-refractivity contribution in [2.24, 2.45) is 5.16 Å². The molecule has 0 aromatic heterocycles. The molecule has 0 saturated heterocycles. The largest absolute Gasteiger partial charge is 0.492 e. The van der Waals surface area contributed by atoms with Gasteiger partial charge in [0, 0.05) is 10.9 Å². The number of aryl methyl sites for hydroxylation is 1. The minimum atomic E-state index is -0.278. The quantitative estimate of drug-likeness (QED) is 0.588. The summed E-state index contributed by atoms with van der Waals surface area (Å²) >= 11 is 3.33. The van der Waals surface area contributed by atoms with Gasteiger partial charge in [-0.3, -0.25) is 4.79 Å². The van der Waals surface area contributed by atoms with E-state index in [9.17, 15) is 4.79 Å². The van der Waals surface area contributed by atoms with Crippen LogP contribution in [0, 0.1) is 6.92 Å². The van der Waals surface area contributed by atoms with E-state index in [1.165, 1.54) is 0 Å². The Hall–Kier alpha value is -1.36. The number of rotatable bonds is 0. The van der Waals surface area contributed by atoms with E-state index in [1.54, 1.807) is 6.07 Å². The Morgan fingerprint density at radius 1 is 1.50 bits per heavy atom. The average Bonchev–Trinajstić information content (AvgIpc) is 2.39. The first-order chi connectivity index (χ1) is 7.63. The van der Waals surface area contributed by atoms with Crippen LogP contribution in [0.4, 0.5) is 0 Å². The second kappa shape index (κ2) is 4.25. The number of halogens is 1. The van der Waals surface area contributed by atoms with Crippen LogP contribution in [0.5, 0.6) is 5.75 Å². The summed E-state index contributed by atoms with van der Waals surface area (Å²) in [5, 5.41) is 11.8. The van der Waals surface area contributed by atoms with Crippen LogP contribution in [0.15, 0.2) is 21.8 Å². The van der Waals surface area contributed by atoms with Crippen LogP contribution < -0.4 is 4.74 Å². The molecule has 0 atom stereocenters. The number of nitrogens with zero attached hydrogens (tertiary/aromatic N) is 1. The first kappa shape index (κ1) is 11.1. The van der Waals surface area contributed by atoms with Gasteiger partial charge in [-0.25, -0.2) is 0 Å². The van der Waals surface area contributed by atoms with Crippen molar-refractivity contribution in [3.63, 3.8) is 0 Å². The lowest BCUT2D eigenvalue weighted by Crippen LogP contribution is -2.13. The van der Waals surface area contributed by atoms with Gasteiger partial charge in [-0.15, -0.1) is 0 Å². The molecular weight excluding hydrogens is 274 g/mol. The minimum absolute atomic E-state index is 0.135. The van der Waals surface area contributed by atoms with Crippen LogP contribution >= 0.6 is 15.9 Å². The smallest absolute Gasteiger partial charge is 0.214 e. The van der Waals surface area contributed by atoms with Crippen LogP contribution in [-0.2, 0) is 0 Å². The highest BCUT2D eigenvalue weighted by atomic mass is 79.9. The zero-order valence-corrected chi connectivity index (χ0v) is 10.2. The molecule has 1 aromatic rings. The van der Waals surface area contributed by atoms with Crippen molar-refractivity contribution >= 4 is 27.4 Å². The summed E-state index contributed by atoms with van der Waals surface area (Å²) in [6.45, 7) is 2.22. The van der Waals surface area contributed by atoms with E-state index < -0.39 is 0 Å². The number of hydrogen-bond donors (Lipinski definition) is 1. The minimum Gasteiger partial charge on any atom is -0.492 e. The summed E-state index contributed by atoms with van der Waals surface area (Å²) < 4.78 is 6.31. The van der Waals surface area contributed by atoms with E-state index in [2.05, 4.69) is 21.1 Å². The van der Waals surface area contributed by atoms with Gasteiger partial charge in [0.1, 0.15) is 11.5 Å². The molecule has 0 aliphatic carbocycles. The number of carbonyl (C=O) groups excluding carboxylic acids is 1. The van der Waals surface area contributed by atoms with Crippen molar-refractivity contribution in [2.45, 2.75) is 13.3 Å². The number of fused-ring (bicyclic) bond motifs is 1. The standard InChI is InChI=1S/C11H10BrNO3/c1-6-4-7(12)5-8-10(14)9(13-15)2-3-16-11(6)8/h4-5,15H,2-3H2,1H3/b13-9-. The van der Waals surface area contributed by atoms with E-state index in [4.69, 9.17) is 9.94 Å². The summed E-state index contributed by atoms with van der Waals surface area (Å²) in [5.74, 6) is 0.297. The first-order valence-corrected chi connectivity index (χ1v) is 5.61. The van der Waals surface area contributed by atoms with Gasteiger partial charge >= 0.3 is 0 Å². The summed E-state index contributed by atoms with van der Waals surface area (Å²) in [4.78, 5) is 12.0. The highest BCUT2D eigenvalue weighted by molar-refractivity contribution is 9.10. The molecule has 1 aliphatic heterocycles. The Kier molecular flexibility index (Phi) is 2.96. The molecule has 1 aliphatic rings. The Bertz CT molecular complexity index is 482. The van der Waals surface area contributed by atoms with Crippen molar-refractivity contribution in [1.82, 2.24) is 0 Å². The Labute approximate surface area is 101 Å². The van der Waals surface area contributed by atoms with Crippen LogP contribution in [0.25, 0.3) is 0 Å². The fourth-order valence-corrected chi connectivity index (χ4v) is 2.28. The number of Topliss-reactive ketones (excluding diaryl/α,β-unsaturated/α-hetero) is 1. The molecule has 1 heterocycles. The van der Waals surface area contributed by atoms with E-state index in [0.717, 1.165) is 10.0 Å². The summed E-state index contributed by atoms with van der Waals surface area (Å²) in [5.41, 5.74) is 1.46. The highest BCUT2D eigenvalue weighted by Crippen LogP contribution is 2.30. The molecule has 4 nitrogen and oxygen atoms in total. The average molecular weight is 284 g/mol. The second-order valence-electron chi connectivity index (χ2n) is 3.57. The SMILES string of the molecule is Cc1cc(Br)cc2c1OCC/C(=N/O)C2=O. The van der Waals surface area contributed by atoms with Crippen LogP contribution in [-0.4, -0.2) is 23.3 Å². The lowest BCUT2D eigenvalue weighted by molar-refractivity contribution is 0.106. The molecular formula is C11H10BrNO3. The molecule has 0 radical (unpaired) electrons. The molecule has 0 unspecified atom stereocenters. The van der Waals surface area contributed by atoms with Crippen molar-refractivity contribution < 1.29 is 14.7 Å². The lowest BCUT2D eigenvalue weighted by Gasteiger charge is -2.09. The third kappa shape index (κ3) is 1.82. The van der Waals surface area contributed by atoms with Gasteiger partial charge in [0.05, 0.1) is 12.2 Å². The Morgan fingerprint density at radius 3 is 2.94 bits per heavy atom. The number of carbonyl (C=O) groups is 1. The third-order valence-corrected chi connectivity index (χ3v) is 2.91. The lowest BCUT2D eigenvalue weighted by atomic mass is 10.0. The highest BCUT2D eigenvalue weighted by Gasteiger charge is 2.24. The molecule has 16 heavy (non-hydrogen) atoms. The van der Waals surface area contributed by atoms with Gasteiger partial charge in [-0.2, -0.15) is 0 Å². The topological polar surface area (TPSA) is 58.9 Å². The van der Waals surface area contributed by atoms with E-state index in [0.29, 0.717) is 24.3 Å². The van der Waals surface area contributed by atoms with Gasteiger partial charge in [0.15, 0.2) is 0 Å². The molecule has 0 amide bonds. The predicted molar refractivity (Wildman–Crippen MR) is 62.5 cm³/mol. The molecule has 1 N–H and O–H groups in total. The van der Waals surface area contributed by atoms with Gasteiger partial charge in [-0.1, -0.05) is 21.1 Å². The monoisotopic (exact) mass is 283 g/mol. The number of benzene rings is 1. The maximum Gasteiger partial charge on any atom is 0.214 e.